The predicted octanol–water partition coefficient (Wildman–Crippen LogP) is 1.35. The summed E-state index contributed by atoms with van der Waals surface area (Å²) < 4.78 is 5.29. The summed E-state index contributed by atoms with van der Waals surface area (Å²) in [5.41, 5.74) is 0.994. The maximum atomic E-state index is 12.9. The van der Waals surface area contributed by atoms with E-state index in [1.165, 1.54) is 6.07 Å². The Kier molecular flexibility index (Phi) is 7.79. The number of aliphatic hydroxyl groups is 1. The second-order valence-corrected chi connectivity index (χ2v) is 7.48. The zero-order valence-corrected chi connectivity index (χ0v) is 16.8. The minimum Gasteiger partial charge on any atom is -0.394 e. The molecule has 2 saturated heterocycles. The van der Waals surface area contributed by atoms with Crippen molar-refractivity contribution in [1.82, 2.24) is 9.80 Å². The van der Waals surface area contributed by atoms with Gasteiger partial charge in [0.1, 0.15) is 5.69 Å². The highest BCUT2D eigenvalue weighted by Gasteiger charge is 2.26. The summed E-state index contributed by atoms with van der Waals surface area (Å²) in [6, 6.07) is 4.88. The highest BCUT2D eigenvalue weighted by molar-refractivity contribution is 5.96. The zero-order valence-electron chi connectivity index (χ0n) is 16.8. The molecule has 2 aliphatic rings. The summed E-state index contributed by atoms with van der Waals surface area (Å²) in [5, 5.41) is 20.3. The molecular formula is C20H30N4O5. The van der Waals surface area contributed by atoms with Gasteiger partial charge in [0.25, 0.3) is 11.6 Å². The number of anilines is 1. The number of hydrogen-bond acceptors (Lipinski definition) is 7. The Bertz CT molecular complexity index is 700. The number of carbonyl (C=O) groups excluding carboxylic acids is 1. The van der Waals surface area contributed by atoms with Crippen LogP contribution in [0.15, 0.2) is 18.2 Å². The smallest absolute Gasteiger partial charge is 0.293 e. The summed E-state index contributed by atoms with van der Waals surface area (Å²) >= 11 is 0. The van der Waals surface area contributed by atoms with E-state index in [4.69, 9.17) is 9.84 Å². The van der Waals surface area contributed by atoms with Crippen LogP contribution in [0.4, 0.5) is 11.4 Å². The molecule has 0 bridgehead atoms. The van der Waals surface area contributed by atoms with Crippen molar-refractivity contribution in [3.05, 3.63) is 33.9 Å². The van der Waals surface area contributed by atoms with E-state index in [1.807, 2.05) is 4.90 Å². The minimum atomic E-state index is -0.384. The number of rotatable bonds is 8. The third-order valence-corrected chi connectivity index (χ3v) is 5.56. The maximum absolute atomic E-state index is 12.9. The minimum absolute atomic E-state index is 0.0115. The number of aliphatic hydroxyl groups excluding tert-OH is 1. The number of carbonyl (C=O) groups is 1. The second-order valence-electron chi connectivity index (χ2n) is 7.48. The van der Waals surface area contributed by atoms with Crippen LogP contribution in [-0.4, -0.2) is 91.4 Å². The van der Waals surface area contributed by atoms with E-state index in [1.54, 1.807) is 17.0 Å². The fourth-order valence-electron chi connectivity index (χ4n) is 3.92. The van der Waals surface area contributed by atoms with Crippen LogP contribution in [0.2, 0.25) is 0 Å². The fraction of sp³-hybridized carbons (Fsp3) is 0.650. The number of nitro groups is 1. The largest absolute Gasteiger partial charge is 0.394 e. The van der Waals surface area contributed by atoms with Gasteiger partial charge in [0.05, 0.1) is 24.7 Å². The van der Waals surface area contributed by atoms with Crippen LogP contribution in [0.3, 0.4) is 0 Å². The molecule has 2 heterocycles. The predicted molar refractivity (Wildman–Crippen MR) is 109 cm³/mol. The average molecular weight is 406 g/mol. The van der Waals surface area contributed by atoms with Gasteiger partial charge in [-0.1, -0.05) is 0 Å². The number of nitrogens with zero attached hydrogens (tertiary/aromatic N) is 4. The van der Waals surface area contributed by atoms with Crippen molar-refractivity contribution in [2.75, 3.05) is 70.5 Å². The molecule has 160 valence electrons. The summed E-state index contributed by atoms with van der Waals surface area (Å²) in [5.74, 6) is -0.158. The Morgan fingerprint density at radius 2 is 1.79 bits per heavy atom. The van der Waals surface area contributed by atoms with Crippen molar-refractivity contribution in [2.24, 2.45) is 0 Å². The molecule has 0 saturated carbocycles. The van der Waals surface area contributed by atoms with Gasteiger partial charge in [0, 0.05) is 57.4 Å². The number of ether oxygens (including phenoxy) is 1. The van der Waals surface area contributed by atoms with Gasteiger partial charge < -0.3 is 19.6 Å². The van der Waals surface area contributed by atoms with Crippen LogP contribution in [0.1, 0.15) is 29.6 Å². The van der Waals surface area contributed by atoms with Crippen LogP contribution in [0.5, 0.6) is 0 Å². The molecule has 0 aliphatic carbocycles. The Morgan fingerprint density at radius 3 is 2.45 bits per heavy atom. The Labute approximate surface area is 171 Å². The first-order valence-corrected chi connectivity index (χ1v) is 10.3. The third kappa shape index (κ3) is 5.65. The molecule has 29 heavy (non-hydrogen) atoms. The Hall–Kier alpha value is -2.23. The number of benzene rings is 1. The molecule has 0 unspecified atom stereocenters. The molecule has 1 N–H and O–H groups in total. The first kappa shape index (κ1) is 21.5. The van der Waals surface area contributed by atoms with E-state index in [0.717, 1.165) is 52.0 Å². The summed E-state index contributed by atoms with van der Waals surface area (Å²) in [7, 11) is 0. The van der Waals surface area contributed by atoms with Gasteiger partial charge in [-0.15, -0.1) is 0 Å². The number of piperidine rings is 1. The monoisotopic (exact) mass is 406 g/mol. The number of piperazine rings is 1. The molecular weight excluding hydrogens is 376 g/mol. The van der Waals surface area contributed by atoms with Gasteiger partial charge >= 0.3 is 0 Å². The van der Waals surface area contributed by atoms with Crippen LogP contribution in [0.25, 0.3) is 0 Å². The SMILES string of the molecule is O=C(c1ccc(N2CCCCC2)c([N+](=O)[O-])c1)N1CCN(CCOCCO)CC1. The van der Waals surface area contributed by atoms with Crippen LogP contribution < -0.4 is 4.90 Å². The standard InChI is InChI=1S/C20H30N4O5/c25-13-15-29-14-12-21-8-10-23(11-9-21)20(26)17-4-5-18(19(16-17)24(27)28)22-6-2-1-3-7-22/h4-5,16,25H,1-3,6-15H2. The lowest BCUT2D eigenvalue weighted by molar-refractivity contribution is -0.384. The summed E-state index contributed by atoms with van der Waals surface area (Å²) in [6.45, 7) is 5.95. The van der Waals surface area contributed by atoms with Crippen molar-refractivity contribution in [3.8, 4) is 0 Å². The molecule has 1 aromatic carbocycles. The zero-order chi connectivity index (χ0) is 20.6. The molecule has 9 heteroatoms. The lowest BCUT2D eigenvalue weighted by Gasteiger charge is -2.34. The van der Waals surface area contributed by atoms with Crippen molar-refractivity contribution in [1.29, 1.82) is 0 Å². The summed E-state index contributed by atoms with van der Waals surface area (Å²) in [4.78, 5) is 30.1. The van der Waals surface area contributed by atoms with Crippen molar-refractivity contribution < 1.29 is 19.6 Å². The first-order chi connectivity index (χ1) is 14.1. The van der Waals surface area contributed by atoms with E-state index in [0.29, 0.717) is 37.6 Å². The highest BCUT2D eigenvalue weighted by Crippen LogP contribution is 2.31. The number of nitro benzene ring substituents is 1. The molecule has 2 fully saturated rings. The van der Waals surface area contributed by atoms with Gasteiger partial charge in [0.2, 0.25) is 0 Å². The summed E-state index contributed by atoms with van der Waals surface area (Å²) in [6.07, 6.45) is 3.22. The molecule has 0 radical (unpaired) electrons. The normalized spacial score (nSPS) is 18.1. The van der Waals surface area contributed by atoms with Crippen molar-refractivity contribution >= 4 is 17.3 Å². The topological polar surface area (TPSA) is 99.4 Å². The van der Waals surface area contributed by atoms with Crippen LogP contribution >= 0.6 is 0 Å². The lowest BCUT2D eigenvalue weighted by Crippen LogP contribution is -2.49. The molecule has 2 aliphatic heterocycles. The van der Waals surface area contributed by atoms with Gasteiger partial charge in [0.15, 0.2) is 0 Å². The molecule has 1 aromatic rings. The van der Waals surface area contributed by atoms with Crippen LogP contribution in [-0.2, 0) is 4.74 Å². The Morgan fingerprint density at radius 1 is 1.07 bits per heavy atom. The van der Waals surface area contributed by atoms with E-state index in [-0.39, 0.29) is 23.1 Å². The van der Waals surface area contributed by atoms with E-state index in [2.05, 4.69) is 4.90 Å². The Balaban J connectivity index is 1.61. The van der Waals surface area contributed by atoms with Gasteiger partial charge in [-0.05, 0) is 31.4 Å². The van der Waals surface area contributed by atoms with Crippen LogP contribution in [0, 0.1) is 10.1 Å². The van der Waals surface area contributed by atoms with E-state index < -0.39 is 0 Å². The molecule has 1 amide bonds. The van der Waals surface area contributed by atoms with E-state index >= 15 is 0 Å². The van der Waals surface area contributed by atoms with Crippen molar-refractivity contribution in [3.63, 3.8) is 0 Å². The van der Waals surface area contributed by atoms with Gasteiger partial charge in [-0.25, -0.2) is 0 Å². The highest BCUT2D eigenvalue weighted by atomic mass is 16.6. The fourth-order valence-corrected chi connectivity index (χ4v) is 3.92. The maximum Gasteiger partial charge on any atom is 0.293 e. The average Bonchev–Trinajstić information content (AvgIpc) is 2.77. The molecule has 0 atom stereocenters. The molecule has 0 spiro atoms. The quantitative estimate of drug-likeness (QED) is 0.395. The first-order valence-electron chi connectivity index (χ1n) is 10.3. The second kappa shape index (κ2) is 10.5. The third-order valence-electron chi connectivity index (χ3n) is 5.56. The molecule has 9 nitrogen and oxygen atoms in total. The number of amides is 1. The number of hydrogen-bond donors (Lipinski definition) is 1. The lowest BCUT2D eigenvalue weighted by atomic mass is 10.1. The molecule has 0 aromatic heterocycles. The van der Waals surface area contributed by atoms with Crippen molar-refractivity contribution in [2.45, 2.75) is 19.3 Å². The molecule has 3 rings (SSSR count). The van der Waals surface area contributed by atoms with E-state index in [9.17, 15) is 14.9 Å². The van der Waals surface area contributed by atoms with Gasteiger partial charge in [-0.3, -0.25) is 19.8 Å². The van der Waals surface area contributed by atoms with Gasteiger partial charge in [-0.2, -0.15) is 0 Å².